The molecule has 2 nitrogen and oxygen atoms in total. The molecule has 1 aliphatic carbocycles. The first kappa shape index (κ1) is 14.2. The SMILES string of the molecule is ClCc1nc2cccc(Cl)c2n1CCCC1CCCC1. The Hall–Kier alpha value is -0.730. The number of aryl methyl sites for hydroxylation is 1. The molecule has 1 aromatic carbocycles. The maximum atomic E-state index is 6.33. The number of hydrogen-bond donors (Lipinski definition) is 0. The quantitative estimate of drug-likeness (QED) is 0.676. The van der Waals surface area contributed by atoms with Crippen LogP contribution in [0.25, 0.3) is 11.0 Å². The summed E-state index contributed by atoms with van der Waals surface area (Å²) in [5.74, 6) is 2.30. The molecule has 1 aromatic heterocycles. The number of aromatic nitrogens is 2. The molecule has 20 heavy (non-hydrogen) atoms. The molecule has 1 fully saturated rings. The fraction of sp³-hybridized carbons (Fsp3) is 0.562. The van der Waals surface area contributed by atoms with E-state index in [0.29, 0.717) is 5.88 Å². The number of fused-ring (bicyclic) bond motifs is 1. The molecule has 4 heteroatoms. The van der Waals surface area contributed by atoms with Gasteiger partial charge in [0.25, 0.3) is 0 Å². The second kappa shape index (κ2) is 6.36. The van der Waals surface area contributed by atoms with Gasteiger partial charge in [-0.05, 0) is 30.9 Å². The van der Waals surface area contributed by atoms with Crippen LogP contribution in [0.3, 0.4) is 0 Å². The monoisotopic (exact) mass is 310 g/mol. The summed E-state index contributed by atoms with van der Waals surface area (Å²) < 4.78 is 2.21. The lowest BCUT2D eigenvalue weighted by Crippen LogP contribution is -2.05. The molecule has 3 rings (SSSR count). The molecular formula is C16H20Cl2N2. The van der Waals surface area contributed by atoms with Gasteiger partial charge in [0.05, 0.1) is 21.9 Å². The first-order chi connectivity index (χ1) is 9.79. The van der Waals surface area contributed by atoms with Gasteiger partial charge in [0.1, 0.15) is 5.82 Å². The average molecular weight is 311 g/mol. The van der Waals surface area contributed by atoms with Crippen LogP contribution in [0.15, 0.2) is 18.2 Å². The van der Waals surface area contributed by atoms with Crippen molar-refractivity contribution >= 4 is 34.2 Å². The average Bonchev–Trinajstić information content (AvgIpc) is 3.07. The molecule has 1 aliphatic rings. The minimum atomic E-state index is 0.439. The predicted octanol–water partition coefficient (Wildman–Crippen LogP) is 5.40. The lowest BCUT2D eigenvalue weighted by molar-refractivity contribution is 0.459. The molecular weight excluding hydrogens is 291 g/mol. The van der Waals surface area contributed by atoms with Crippen LogP contribution in [0.5, 0.6) is 0 Å². The summed E-state index contributed by atoms with van der Waals surface area (Å²) >= 11 is 12.4. The zero-order chi connectivity index (χ0) is 13.9. The van der Waals surface area contributed by atoms with Gasteiger partial charge >= 0.3 is 0 Å². The van der Waals surface area contributed by atoms with Gasteiger partial charge in [-0.1, -0.05) is 43.4 Å². The van der Waals surface area contributed by atoms with E-state index in [1.165, 1.54) is 38.5 Å². The molecule has 0 saturated heterocycles. The second-order valence-electron chi connectivity index (χ2n) is 5.71. The van der Waals surface area contributed by atoms with E-state index in [2.05, 4.69) is 9.55 Å². The number of hydrogen-bond acceptors (Lipinski definition) is 1. The molecule has 0 amide bonds. The highest BCUT2D eigenvalue weighted by atomic mass is 35.5. The zero-order valence-corrected chi connectivity index (χ0v) is 13.1. The second-order valence-corrected chi connectivity index (χ2v) is 6.39. The van der Waals surface area contributed by atoms with E-state index in [4.69, 9.17) is 23.2 Å². The highest BCUT2D eigenvalue weighted by Gasteiger charge is 2.16. The highest BCUT2D eigenvalue weighted by molar-refractivity contribution is 6.35. The molecule has 0 bridgehead atoms. The molecule has 0 aliphatic heterocycles. The van der Waals surface area contributed by atoms with Crippen molar-refractivity contribution in [2.24, 2.45) is 5.92 Å². The third kappa shape index (κ3) is 2.82. The van der Waals surface area contributed by atoms with Crippen molar-refractivity contribution in [3.8, 4) is 0 Å². The minimum absolute atomic E-state index is 0.439. The summed E-state index contributed by atoms with van der Waals surface area (Å²) in [5, 5.41) is 0.771. The van der Waals surface area contributed by atoms with Crippen LogP contribution in [0, 0.1) is 5.92 Å². The van der Waals surface area contributed by atoms with Crippen LogP contribution in [0.4, 0.5) is 0 Å². The van der Waals surface area contributed by atoms with Gasteiger partial charge in [-0.25, -0.2) is 4.98 Å². The summed E-state index contributed by atoms with van der Waals surface area (Å²) in [4.78, 5) is 4.59. The minimum Gasteiger partial charge on any atom is -0.326 e. The van der Waals surface area contributed by atoms with Gasteiger partial charge in [0.15, 0.2) is 0 Å². The van der Waals surface area contributed by atoms with Crippen LogP contribution < -0.4 is 0 Å². The molecule has 1 saturated carbocycles. The maximum Gasteiger partial charge on any atom is 0.124 e. The van der Waals surface area contributed by atoms with Gasteiger partial charge in [0.2, 0.25) is 0 Å². The van der Waals surface area contributed by atoms with Crippen LogP contribution >= 0.6 is 23.2 Å². The van der Waals surface area contributed by atoms with E-state index in [-0.39, 0.29) is 0 Å². The van der Waals surface area contributed by atoms with Crippen LogP contribution in [-0.2, 0) is 12.4 Å². The van der Waals surface area contributed by atoms with Crippen LogP contribution in [0.2, 0.25) is 5.02 Å². The molecule has 0 unspecified atom stereocenters. The normalized spacial score (nSPS) is 16.3. The van der Waals surface area contributed by atoms with E-state index in [1.807, 2.05) is 18.2 Å². The van der Waals surface area contributed by atoms with Gasteiger partial charge < -0.3 is 4.57 Å². The third-order valence-corrected chi connectivity index (χ3v) is 4.93. The number of imidazole rings is 1. The van der Waals surface area contributed by atoms with Crippen molar-refractivity contribution in [3.05, 3.63) is 29.0 Å². The number of nitrogens with zero attached hydrogens (tertiary/aromatic N) is 2. The predicted molar refractivity (Wildman–Crippen MR) is 85.5 cm³/mol. The Kier molecular flexibility index (Phi) is 4.52. The molecule has 1 heterocycles. The summed E-state index contributed by atoms with van der Waals surface area (Å²) in [6.45, 7) is 0.971. The first-order valence-electron chi connectivity index (χ1n) is 7.49. The van der Waals surface area contributed by atoms with Crippen LogP contribution in [0.1, 0.15) is 44.3 Å². The summed E-state index contributed by atoms with van der Waals surface area (Å²) in [6, 6.07) is 5.88. The highest BCUT2D eigenvalue weighted by Crippen LogP contribution is 2.30. The molecule has 0 N–H and O–H groups in total. The Labute approximate surface area is 130 Å². The maximum absolute atomic E-state index is 6.33. The van der Waals surface area contributed by atoms with E-state index < -0.39 is 0 Å². The number of halogens is 2. The molecule has 108 valence electrons. The lowest BCUT2D eigenvalue weighted by atomic mass is 10.0. The Bertz CT molecular complexity index is 585. The van der Waals surface area contributed by atoms with Gasteiger partial charge in [-0.2, -0.15) is 0 Å². The van der Waals surface area contributed by atoms with Crippen molar-refractivity contribution in [2.45, 2.75) is 50.9 Å². The largest absolute Gasteiger partial charge is 0.326 e. The third-order valence-electron chi connectivity index (χ3n) is 4.38. The van der Waals surface area contributed by atoms with Gasteiger partial charge in [0, 0.05) is 6.54 Å². The van der Waals surface area contributed by atoms with Gasteiger partial charge in [-0.15, -0.1) is 11.6 Å². The van der Waals surface area contributed by atoms with E-state index in [1.54, 1.807) is 0 Å². The lowest BCUT2D eigenvalue weighted by Gasteiger charge is -2.11. The molecule has 0 radical (unpaired) electrons. The molecule has 0 atom stereocenters. The Morgan fingerprint density at radius 2 is 2.05 bits per heavy atom. The first-order valence-corrected chi connectivity index (χ1v) is 8.40. The summed E-state index contributed by atoms with van der Waals surface area (Å²) in [5.41, 5.74) is 1.99. The smallest absolute Gasteiger partial charge is 0.124 e. The number of para-hydroxylation sites is 1. The van der Waals surface area contributed by atoms with E-state index in [0.717, 1.165) is 34.3 Å². The fourth-order valence-electron chi connectivity index (χ4n) is 3.37. The van der Waals surface area contributed by atoms with Crippen molar-refractivity contribution in [3.63, 3.8) is 0 Å². The molecule has 2 aromatic rings. The van der Waals surface area contributed by atoms with Crippen LogP contribution in [-0.4, -0.2) is 9.55 Å². The van der Waals surface area contributed by atoms with E-state index in [9.17, 15) is 0 Å². The summed E-state index contributed by atoms with van der Waals surface area (Å²) in [7, 11) is 0. The Balaban J connectivity index is 1.78. The number of alkyl halides is 1. The van der Waals surface area contributed by atoms with Crippen molar-refractivity contribution in [1.29, 1.82) is 0 Å². The summed E-state index contributed by atoms with van der Waals surface area (Å²) in [6.07, 6.45) is 8.15. The van der Waals surface area contributed by atoms with Gasteiger partial charge in [-0.3, -0.25) is 0 Å². The number of rotatable bonds is 5. The van der Waals surface area contributed by atoms with Crippen molar-refractivity contribution < 1.29 is 0 Å². The van der Waals surface area contributed by atoms with Crippen molar-refractivity contribution in [2.75, 3.05) is 0 Å². The zero-order valence-electron chi connectivity index (χ0n) is 11.6. The fourth-order valence-corrected chi connectivity index (χ4v) is 3.85. The standard InChI is InChI=1S/C16H20Cl2N2/c17-11-15-19-14-9-3-8-13(18)16(14)20(15)10-4-7-12-5-1-2-6-12/h3,8-9,12H,1-2,4-7,10-11H2. The Morgan fingerprint density at radius 1 is 1.25 bits per heavy atom. The molecule has 0 spiro atoms. The van der Waals surface area contributed by atoms with E-state index >= 15 is 0 Å². The number of benzene rings is 1. The topological polar surface area (TPSA) is 17.8 Å². The Morgan fingerprint density at radius 3 is 2.80 bits per heavy atom. The van der Waals surface area contributed by atoms with Crippen molar-refractivity contribution in [1.82, 2.24) is 9.55 Å².